The van der Waals surface area contributed by atoms with E-state index in [4.69, 9.17) is 9.47 Å². The van der Waals surface area contributed by atoms with Crippen LogP contribution in [0.15, 0.2) is 24.3 Å². The molecule has 0 aliphatic rings. The Bertz CT molecular complexity index is 701. The number of hydrogen-bond acceptors (Lipinski definition) is 5. The van der Waals surface area contributed by atoms with Crippen LogP contribution in [0.3, 0.4) is 0 Å². The second-order valence-corrected chi connectivity index (χ2v) is 13.4. The van der Waals surface area contributed by atoms with Gasteiger partial charge < -0.3 is 14.6 Å². The first kappa shape index (κ1) is 44.4. The van der Waals surface area contributed by atoms with Gasteiger partial charge >= 0.3 is 11.9 Å². The molecule has 270 valence electrons. The SMILES string of the molecule is CCCCC/C=C/C/C=C/CCCCCCCCCC(=O)O[C@@H](CO)COC(=O)CCCCCCCCCCCCCCCCC. The molecule has 0 fully saturated rings. The van der Waals surface area contributed by atoms with Crippen LogP contribution in [-0.4, -0.2) is 36.4 Å². The number of aliphatic hydroxyl groups is 1. The van der Waals surface area contributed by atoms with Crippen molar-refractivity contribution >= 4 is 11.9 Å². The summed E-state index contributed by atoms with van der Waals surface area (Å²) in [6.07, 6.45) is 43.7. The van der Waals surface area contributed by atoms with Crippen LogP contribution in [-0.2, 0) is 19.1 Å². The van der Waals surface area contributed by atoms with Crippen molar-refractivity contribution in [2.24, 2.45) is 0 Å². The van der Waals surface area contributed by atoms with Crippen molar-refractivity contribution in [1.82, 2.24) is 0 Å². The van der Waals surface area contributed by atoms with Crippen LogP contribution in [0.1, 0.15) is 206 Å². The van der Waals surface area contributed by atoms with E-state index in [0.717, 1.165) is 51.4 Å². The number of hydrogen-bond donors (Lipinski definition) is 1. The van der Waals surface area contributed by atoms with Crippen LogP contribution >= 0.6 is 0 Å². The third kappa shape index (κ3) is 35.2. The molecule has 0 unspecified atom stereocenters. The number of unbranched alkanes of at least 4 members (excludes halogenated alkanes) is 24. The first-order chi connectivity index (χ1) is 22.6. The molecule has 46 heavy (non-hydrogen) atoms. The predicted octanol–water partition coefficient (Wildman–Crippen LogP) is 12.3. The largest absolute Gasteiger partial charge is 0.462 e. The van der Waals surface area contributed by atoms with Gasteiger partial charge in [0, 0.05) is 12.8 Å². The summed E-state index contributed by atoms with van der Waals surface area (Å²) in [5.41, 5.74) is 0. The van der Waals surface area contributed by atoms with E-state index in [9.17, 15) is 14.7 Å². The summed E-state index contributed by atoms with van der Waals surface area (Å²) in [5.74, 6) is -0.592. The molecule has 0 heterocycles. The monoisotopic (exact) mass is 649 g/mol. The highest BCUT2D eigenvalue weighted by Gasteiger charge is 2.16. The molecule has 0 aromatic carbocycles. The van der Waals surface area contributed by atoms with Gasteiger partial charge in [0.1, 0.15) is 6.61 Å². The summed E-state index contributed by atoms with van der Waals surface area (Å²) in [7, 11) is 0. The van der Waals surface area contributed by atoms with Gasteiger partial charge in [-0.3, -0.25) is 9.59 Å². The molecule has 5 nitrogen and oxygen atoms in total. The second kappa shape index (κ2) is 37.8. The van der Waals surface area contributed by atoms with Gasteiger partial charge in [-0.25, -0.2) is 0 Å². The summed E-state index contributed by atoms with van der Waals surface area (Å²) < 4.78 is 10.6. The molecule has 0 spiro atoms. The topological polar surface area (TPSA) is 72.8 Å². The van der Waals surface area contributed by atoms with Crippen LogP contribution in [0.25, 0.3) is 0 Å². The van der Waals surface area contributed by atoms with Gasteiger partial charge in [-0.2, -0.15) is 0 Å². The highest BCUT2D eigenvalue weighted by molar-refractivity contribution is 5.70. The molecule has 0 bridgehead atoms. The Morgan fingerprint density at radius 2 is 0.870 bits per heavy atom. The zero-order chi connectivity index (χ0) is 33.6. The average Bonchev–Trinajstić information content (AvgIpc) is 3.06. The lowest BCUT2D eigenvalue weighted by Gasteiger charge is -2.15. The van der Waals surface area contributed by atoms with E-state index in [-0.39, 0.29) is 25.2 Å². The van der Waals surface area contributed by atoms with Crippen LogP contribution in [0.2, 0.25) is 0 Å². The van der Waals surface area contributed by atoms with Gasteiger partial charge in [-0.05, 0) is 44.9 Å². The Kier molecular flexibility index (Phi) is 36.5. The van der Waals surface area contributed by atoms with Gasteiger partial charge in [0.15, 0.2) is 6.10 Å². The van der Waals surface area contributed by atoms with Crippen molar-refractivity contribution in [3.63, 3.8) is 0 Å². The first-order valence-corrected chi connectivity index (χ1v) is 19.9. The maximum absolute atomic E-state index is 12.2. The third-order valence-electron chi connectivity index (χ3n) is 8.75. The van der Waals surface area contributed by atoms with Crippen LogP contribution in [0.4, 0.5) is 0 Å². The van der Waals surface area contributed by atoms with Gasteiger partial charge in [0.25, 0.3) is 0 Å². The fraction of sp³-hybridized carbons (Fsp3) is 0.854. The van der Waals surface area contributed by atoms with Gasteiger partial charge in [-0.1, -0.05) is 173 Å². The van der Waals surface area contributed by atoms with E-state index < -0.39 is 6.10 Å². The average molecular weight is 649 g/mol. The molecule has 0 aromatic rings. The molecule has 0 aromatic heterocycles. The molecule has 0 radical (unpaired) electrons. The number of aliphatic hydroxyl groups excluding tert-OH is 1. The number of ether oxygens (including phenoxy) is 2. The predicted molar refractivity (Wildman–Crippen MR) is 196 cm³/mol. The summed E-state index contributed by atoms with van der Waals surface area (Å²) in [5, 5.41) is 9.55. The Morgan fingerprint density at radius 1 is 0.500 bits per heavy atom. The van der Waals surface area contributed by atoms with Gasteiger partial charge in [-0.15, -0.1) is 0 Å². The number of carbonyl (C=O) groups excluding carboxylic acids is 2. The fourth-order valence-corrected chi connectivity index (χ4v) is 5.70. The maximum Gasteiger partial charge on any atom is 0.306 e. The lowest BCUT2D eigenvalue weighted by molar-refractivity contribution is -0.161. The molecule has 5 heteroatoms. The van der Waals surface area contributed by atoms with Crippen LogP contribution in [0, 0.1) is 0 Å². The van der Waals surface area contributed by atoms with E-state index in [1.165, 1.54) is 128 Å². The highest BCUT2D eigenvalue weighted by atomic mass is 16.6. The molecule has 0 aliphatic heterocycles. The Labute approximate surface area is 285 Å². The zero-order valence-electron chi connectivity index (χ0n) is 30.6. The lowest BCUT2D eigenvalue weighted by Crippen LogP contribution is -2.28. The standard InChI is InChI=1S/C41H76O5/c1-3-5-7-9-11-13-15-17-19-20-22-24-26-28-30-32-34-36-41(44)46-39(37-42)38-45-40(43)35-33-31-29-27-25-23-21-18-16-14-12-10-8-6-4-2/h11,13,17,19,39,42H,3-10,12,14-16,18,20-38H2,1-2H3/b13-11+,19-17+/t39-/m0/s1. The van der Waals surface area contributed by atoms with E-state index in [2.05, 4.69) is 38.2 Å². The molecule has 0 rings (SSSR count). The molecule has 0 amide bonds. The summed E-state index contributed by atoms with van der Waals surface area (Å²) >= 11 is 0. The van der Waals surface area contributed by atoms with Crippen molar-refractivity contribution < 1.29 is 24.2 Å². The Morgan fingerprint density at radius 3 is 1.33 bits per heavy atom. The number of rotatable bonds is 36. The molecule has 0 aliphatic carbocycles. The second-order valence-electron chi connectivity index (χ2n) is 13.4. The number of carbonyl (C=O) groups is 2. The van der Waals surface area contributed by atoms with Crippen molar-refractivity contribution in [3.8, 4) is 0 Å². The van der Waals surface area contributed by atoms with E-state index >= 15 is 0 Å². The van der Waals surface area contributed by atoms with E-state index in [0.29, 0.717) is 12.8 Å². The quantitative estimate of drug-likeness (QED) is 0.0416. The maximum atomic E-state index is 12.2. The Hall–Kier alpha value is -1.62. The number of esters is 2. The Balaban J connectivity index is 3.54. The van der Waals surface area contributed by atoms with E-state index in [1.54, 1.807) is 0 Å². The highest BCUT2D eigenvalue weighted by Crippen LogP contribution is 2.15. The minimum absolute atomic E-state index is 0.0647. The van der Waals surface area contributed by atoms with Gasteiger partial charge in [0.05, 0.1) is 6.61 Å². The van der Waals surface area contributed by atoms with Crippen molar-refractivity contribution in [2.45, 2.75) is 213 Å². The fourth-order valence-electron chi connectivity index (χ4n) is 5.70. The smallest absolute Gasteiger partial charge is 0.306 e. The molecular formula is C41H76O5. The summed E-state index contributed by atoms with van der Waals surface area (Å²) in [6, 6.07) is 0. The summed E-state index contributed by atoms with van der Waals surface area (Å²) in [6.45, 7) is 4.12. The zero-order valence-corrected chi connectivity index (χ0v) is 30.6. The normalized spacial score (nSPS) is 12.3. The van der Waals surface area contributed by atoms with Crippen LogP contribution < -0.4 is 0 Å². The van der Waals surface area contributed by atoms with Crippen molar-refractivity contribution in [2.75, 3.05) is 13.2 Å². The molecule has 0 saturated heterocycles. The minimum atomic E-state index is -0.770. The molecule has 0 saturated carbocycles. The van der Waals surface area contributed by atoms with E-state index in [1.807, 2.05) is 0 Å². The number of allylic oxidation sites excluding steroid dienone is 4. The summed E-state index contributed by atoms with van der Waals surface area (Å²) in [4.78, 5) is 24.2. The van der Waals surface area contributed by atoms with Crippen molar-refractivity contribution in [3.05, 3.63) is 24.3 Å². The van der Waals surface area contributed by atoms with Gasteiger partial charge in [0.2, 0.25) is 0 Å². The molecular weight excluding hydrogens is 572 g/mol. The molecule has 1 atom stereocenters. The molecule has 1 N–H and O–H groups in total. The first-order valence-electron chi connectivity index (χ1n) is 19.9. The minimum Gasteiger partial charge on any atom is -0.462 e. The third-order valence-corrected chi connectivity index (χ3v) is 8.75. The van der Waals surface area contributed by atoms with Crippen molar-refractivity contribution in [1.29, 1.82) is 0 Å². The lowest BCUT2D eigenvalue weighted by atomic mass is 10.0. The van der Waals surface area contributed by atoms with Crippen LogP contribution in [0.5, 0.6) is 0 Å².